The Hall–Kier alpha value is -3.20. The number of carboxylic acids is 1. The predicted octanol–water partition coefficient (Wildman–Crippen LogP) is 1.33. The van der Waals surface area contributed by atoms with Crippen LogP contribution >= 0.6 is 0 Å². The summed E-state index contributed by atoms with van der Waals surface area (Å²) in [7, 11) is 1.80. The number of carbonyl (C=O) groups is 2. The molecule has 2 aromatic heterocycles. The van der Waals surface area contributed by atoms with Crippen LogP contribution in [0.1, 0.15) is 22.3 Å². The van der Waals surface area contributed by atoms with Crippen molar-refractivity contribution in [2.45, 2.75) is 18.9 Å². The molecule has 0 bridgehead atoms. The number of carboxylic acid groups (broad SMARTS) is 1. The number of fused-ring (bicyclic) bond motifs is 1. The van der Waals surface area contributed by atoms with Gasteiger partial charge in [0, 0.05) is 32.5 Å². The zero-order valence-corrected chi connectivity index (χ0v) is 15.8. The number of aliphatic hydroxyl groups excluding tert-OH is 1. The Morgan fingerprint density at radius 3 is 2.69 bits per heavy atom. The molecule has 1 aliphatic heterocycles. The summed E-state index contributed by atoms with van der Waals surface area (Å²) in [5, 5.41) is 24.8. The average molecular weight is 400 g/mol. The monoisotopic (exact) mass is 400 g/mol. The number of benzene rings is 1. The van der Waals surface area contributed by atoms with Crippen LogP contribution in [-0.2, 0) is 18.3 Å². The van der Waals surface area contributed by atoms with Crippen LogP contribution in [0.5, 0.6) is 0 Å². The van der Waals surface area contributed by atoms with E-state index in [2.05, 4.69) is 5.10 Å². The lowest BCUT2D eigenvalue weighted by atomic mass is 9.72. The minimum absolute atomic E-state index is 0.0128. The van der Waals surface area contributed by atoms with Crippen LogP contribution in [0, 0.1) is 11.2 Å². The van der Waals surface area contributed by atoms with Gasteiger partial charge in [0.05, 0.1) is 12.3 Å². The first-order chi connectivity index (χ1) is 13.8. The number of aliphatic hydroxyl groups is 1. The third-order valence-corrected chi connectivity index (χ3v) is 5.69. The van der Waals surface area contributed by atoms with E-state index in [0.717, 1.165) is 0 Å². The van der Waals surface area contributed by atoms with Crippen LogP contribution in [0.2, 0.25) is 0 Å². The van der Waals surface area contributed by atoms with E-state index in [0.29, 0.717) is 16.8 Å². The normalized spacial score (nSPS) is 22.2. The highest BCUT2D eigenvalue weighted by atomic mass is 19.1. The molecular weight excluding hydrogens is 379 g/mol. The minimum atomic E-state index is -1.58. The Morgan fingerprint density at radius 1 is 1.28 bits per heavy atom. The van der Waals surface area contributed by atoms with Crippen LogP contribution in [0.4, 0.5) is 4.39 Å². The fraction of sp³-hybridized carbons (Fsp3) is 0.350. The van der Waals surface area contributed by atoms with Crippen molar-refractivity contribution in [2.24, 2.45) is 12.5 Å². The van der Waals surface area contributed by atoms with Gasteiger partial charge in [-0.05, 0) is 30.5 Å². The van der Waals surface area contributed by atoms with Crippen molar-refractivity contribution in [1.29, 1.82) is 0 Å². The van der Waals surface area contributed by atoms with E-state index in [1.807, 2.05) is 0 Å². The number of hydrogen-bond acceptors (Lipinski definition) is 4. The molecule has 9 heteroatoms. The molecule has 2 N–H and O–H groups in total. The molecule has 1 amide bonds. The average Bonchev–Trinajstić information content (AvgIpc) is 3.28. The summed E-state index contributed by atoms with van der Waals surface area (Å²) in [5.41, 5.74) is -0.0141. The topological polar surface area (TPSA) is 100 Å². The summed E-state index contributed by atoms with van der Waals surface area (Å²) in [6.07, 6.45) is 3.96. The van der Waals surface area contributed by atoms with Crippen molar-refractivity contribution >= 4 is 17.5 Å². The molecule has 1 saturated heterocycles. The van der Waals surface area contributed by atoms with E-state index in [9.17, 15) is 24.2 Å². The smallest absolute Gasteiger partial charge is 0.314 e. The van der Waals surface area contributed by atoms with Crippen LogP contribution < -0.4 is 0 Å². The maximum absolute atomic E-state index is 13.2. The molecule has 8 nitrogen and oxygen atoms in total. The molecule has 0 aliphatic carbocycles. The van der Waals surface area contributed by atoms with E-state index < -0.39 is 23.3 Å². The summed E-state index contributed by atoms with van der Waals surface area (Å²) in [6, 6.07) is 5.50. The third-order valence-electron chi connectivity index (χ3n) is 5.69. The Labute approximate surface area is 165 Å². The Morgan fingerprint density at radius 2 is 2.00 bits per heavy atom. The first-order valence-corrected chi connectivity index (χ1v) is 9.26. The molecule has 0 spiro atoms. The number of aromatic nitrogens is 3. The number of likely N-dealkylation sites (tertiary alicyclic amines) is 1. The van der Waals surface area contributed by atoms with E-state index >= 15 is 0 Å². The number of nitrogens with zero attached hydrogens (tertiary/aromatic N) is 4. The number of piperidine rings is 1. The highest BCUT2D eigenvalue weighted by Crippen LogP contribution is 2.35. The molecule has 1 aliphatic rings. The van der Waals surface area contributed by atoms with Gasteiger partial charge in [0.25, 0.3) is 5.91 Å². The predicted molar refractivity (Wildman–Crippen MR) is 101 cm³/mol. The molecule has 0 unspecified atom stereocenters. The van der Waals surface area contributed by atoms with Crippen LogP contribution in [0.3, 0.4) is 0 Å². The number of aryl methyl sites for hydroxylation is 1. The largest absolute Gasteiger partial charge is 0.481 e. The lowest BCUT2D eigenvalue weighted by Gasteiger charge is -2.43. The number of carbonyl (C=O) groups excluding carboxylic acids is 1. The second-order valence-corrected chi connectivity index (χ2v) is 7.53. The molecule has 3 heterocycles. The van der Waals surface area contributed by atoms with Crippen molar-refractivity contribution in [3.05, 3.63) is 59.8 Å². The fourth-order valence-electron chi connectivity index (χ4n) is 4.05. The van der Waals surface area contributed by atoms with Gasteiger partial charge in [-0.1, -0.05) is 12.1 Å². The second-order valence-electron chi connectivity index (χ2n) is 7.53. The SMILES string of the molecule is Cn1ccn2ncc(C(=O)N3CC[C@H](O)[C@](Cc4ccc(F)cc4)(C(=O)O)C3)c12. The quantitative estimate of drug-likeness (QED) is 0.688. The summed E-state index contributed by atoms with van der Waals surface area (Å²) in [5.74, 6) is -1.95. The standard InChI is InChI=1S/C20H21FN4O4/c1-23-8-9-25-17(23)15(11-22-25)18(27)24-7-6-16(26)20(12-24,19(28)29)10-13-2-4-14(21)5-3-13/h2-5,8-9,11,16,26H,6-7,10,12H2,1H3,(H,28,29)/t16-,20+/m0/s1. The van der Waals surface area contributed by atoms with Crippen molar-refractivity contribution in [1.82, 2.24) is 19.1 Å². The number of imidazole rings is 1. The van der Waals surface area contributed by atoms with E-state index in [-0.39, 0.29) is 31.8 Å². The summed E-state index contributed by atoms with van der Waals surface area (Å²) in [6.45, 7) is 0.0850. The van der Waals surface area contributed by atoms with Gasteiger partial charge in [0.1, 0.15) is 22.4 Å². The van der Waals surface area contributed by atoms with Gasteiger partial charge in [-0.25, -0.2) is 8.91 Å². The molecular formula is C20H21FN4O4. The number of amides is 1. The summed E-state index contributed by atoms with van der Waals surface area (Å²) < 4.78 is 16.6. The molecule has 152 valence electrons. The number of rotatable bonds is 4. The van der Waals surface area contributed by atoms with Gasteiger partial charge in [0.2, 0.25) is 0 Å². The first kappa shape index (κ1) is 19.1. The molecule has 0 saturated carbocycles. The second kappa shape index (κ2) is 7.00. The Bertz CT molecular complexity index is 1070. The van der Waals surface area contributed by atoms with E-state index in [1.165, 1.54) is 35.4 Å². The van der Waals surface area contributed by atoms with Crippen molar-refractivity contribution < 1.29 is 24.2 Å². The summed E-state index contributed by atoms with van der Waals surface area (Å²) >= 11 is 0. The van der Waals surface area contributed by atoms with Crippen LogP contribution in [0.15, 0.2) is 42.9 Å². The zero-order chi connectivity index (χ0) is 20.8. The molecule has 0 radical (unpaired) electrons. The minimum Gasteiger partial charge on any atom is -0.481 e. The maximum Gasteiger partial charge on any atom is 0.314 e. The molecule has 4 rings (SSSR count). The number of halogens is 1. The number of aliphatic carboxylic acids is 1. The van der Waals surface area contributed by atoms with Gasteiger partial charge in [0.15, 0.2) is 0 Å². The van der Waals surface area contributed by atoms with E-state index in [1.54, 1.807) is 28.5 Å². The third kappa shape index (κ3) is 3.17. The molecule has 1 aromatic carbocycles. The summed E-state index contributed by atoms with van der Waals surface area (Å²) in [4.78, 5) is 26.9. The van der Waals surface area contributed by atoms with Crippen molar-refractivity contribution in [2.75, 3.05) is 13.1 Å². The molecule has 2 atom stereocenters. The zero-order valence-electron chi connectivity index (χ0n) is 15.8. The van der Waals surface area contributed by atoms with Gasteiger partial charge in [-0.3, -0.25) is 9.59 Å². The molecule has 29 heavy (non-hydrogen) atoms. The van der Waals surface area contributed by atoms with E-state index in [4.69, 9.17) is 0 Å². The number of hydrogen-bond donors (Lipinski definition) is 2. The molecule has 1 fully saturated rings. The first-order valence-electron chi connectivity index (χ1n) is 9.26. The lowest BCUT2D eigenvalue weighted by molar-refractivity contribution is -0.161. The van der Waals surface area contributed by atoms with Crippen molar-refractivity contribution in [3.8, 4) is 0 Å². The van der Waals surface area contributed by atoms with Gasteiger partial charge in [-0.15, -0.1) is 0 Å². The Balaban J connectivity index is 1.66. The van der Waals surface area contributed by atoms with Gasteiger partial charge in [-0.2, -0.15) is 5.10 Å². The fourth-order valence-corrected chi connectivity index (χ4v) is 4.05. The van der Waals surface area contributed by atoms with Gasteiger partial charge >= 0.3 is 5.97 Å². The molecule has 3 aromatic rings. The van der Waals surface area contributed by atoms with Gasteiger partial charge < -0.3 is 19.7 Å². The maximum atomic E-state index is 13.2. The van der Waals surface area contributed by atoms with Crippen LogP contribution in [-0.4, -0.2) is 60.4 Å². The highest BCUT2D eigenvalue weighted by Gasteiger charge is 2.50. The Kier molecular flexibility index (Phi) is 4.62. The van der Waals surface area contributed by atoms with Crippen molar-refractivity contribution in [3.63, 3.8) is 0 Å². The van der Waals surface area contributed by atoms with Crippen LogP contribution in [0.25, 0.3) is 5.65 Å². The lowest BCUT2D eigenvalue weighted by Crippen LogP contribution is -2.58. The highest BCUT2D eigenvalue weighted by molar-refractivity contribution is 6.00.